The van der Waals surface area contributed by atoms with E-state index >= 15 is 0 Å². The number of anilines is 3. The number of aromatic nitrogens is 3. The van der Waals surface area contributed by atoms with E-state index in [-0.39, 0.29) is 5.41 Å². The van der Waals surface area contributed by atoms with Crippen LogP contribution in [0.2, 0.25) is 0 Å². The molecule has 0 atom stereocenters. The van der Waals surface area contributed by atoms with Crippen LogP contribution in [-0.4, -0.2) is 14.5 Å². The van der Waals surface area contributed by atoms with Crippen LogP contribution in [0.4, 0.5) is 17.1 Å². The lowest BCUT2D eigenvalue weighted by molar-refractivity contribution is 0.633. The van der Waals surface area contributed by atoms with Gasteiger partial charge in [0.25, 0.3) is 0 Å². The van der Waals surface area contributed by atoms with Gasteiger partial charge in [-0.15, -0.1) is 0 Å². The standard InChI is InChI=1S/C56H39N5/c1-56(2)47-28-16-18-30-50(47)60(42-25-13-6-14-26-42)52-35-51-45(34-48(52)56)44-27-15-17-29-49(44)61(51)43-32-40(37-19-7-3-8-20-37)31-41(33-43)55-58-53(38-21-9-4-10-22-38)46(36-57)54(59-55)39-23-11-5-12-24-39/h3-35H,1-2H3. The Morgan fingerprint density at radius 1 is 0.443 bits per heavy atom. The van der Waals surface area contributed by atoms with Gasteiger partial charge < -0.3 is 9.47 Å². The molecule has 0 saturated heterocycles. The van der Waals surface area contributed by atoms with E-state index in [1.54, 1.807) is 0 Å². The SMILES string of the molecule is CC1(C)c2ccccc2N(c2ccccc2)c2cc3c(cc21)c1ccccc1n3-c1cc(-c2ccccc2)cc(-c2nc(-c3ccccc3)c(C#N)c(-c3ccccc3)n2)c1. The van der Waals surface area contributed by atoms with Gasteiger partial charge in [0.15, 0.2) is 5.82 Å². The molecular formula is C56H39N5. The van der Waals surface area contributed by atoms with Gasteiger partial charge in [-0.3, -0.25) is 0 Å². The normalized spacial score (nSPS) is 12.8. The topological polar surface area (TPSA) is 57.7 Å². The van der Waals surface area contributed by atoms with Crippen LogP contribution in [0.1, 0.15) is 30.5 Å². The second-order valence-electron chi connectivity index (χ2n) is 16.2. The maximum atomic E-state index is 10.7. The predicted molar refractivity (Wildman–Crippen MR) is 250 cm³/mol. The highest BCUT2D eigenvalue weighted by atomic mass is 15.2. The first-order chi connectivity index (χ1) is 30.0. The van der Waals surface area contributed by atoms with E-state index < -0.39 is 0 Å². The summed E-state index contributed by atoms with van der Waals surface area (Å²) in [7, 11) is 0. The van der Waals surface area contributed by atoms with Crippen LogP contribution in [0.3, 0.4) is 0 Å². The Labute approximate surface area is 355 Å². The summed E-state index contributed by atoms with van der Waals surface area (Å²) in [5, 5.41) is 13.0. The molecule has 5 nitrogen and oxygen atoms in total. The van der Waals surface area contributed by atoms with Crippen molar-refractivity contribution in [3.8, 4) is 56.8 Å². The van der Waals surface area contributed by atoms with E-state index in [9.17, 15) is 5.26 Å². The summed E-state index contributed by atoms with van der Waals surface area (Å²) in [5.74, 6) is 0.544. The van der Waals surface area contributed by atoms with Crippen molar-refractivity contribution >= 4 is 38.9 Å². The van der Waals surface area contributed by atoms with E-state index in [0.717, 1.165) is 55.9 Å². The van der Waals surface area contributed by atoms with Gasteiger partial charge in [0.1, 0.15) is 11.6 Å². The Hall–Kier alpha value is -8.07. The first-order valence-electron chi connectivity index (χ1n) is 20.6. The van der Waals surface area contributed by atoms with Crippen LogP contribution in [0.25, 0.3) is 72.5 Å². The summed E-state index contributed by atoms with van der Waals surface area (Å²) >= 11 is 0. The maximum absolute atomic E-state index is 10.7. The van der Waals surface area contributed by atoms with Gasteiger partial charge in [0.05, 0.1) is 33.8 Å². The molecular weight excluding hydrogens is 743 g/mol. The third-order valence-corrected chi connectivity index (χ3v) is 12.2. The number of para-hydroxylation sites is 3. The Morgan fingerprint density at radius 2 is 1.00 bits per heavy atom. The summed E-state index contributed by atoms with van der Waals surface area (Å²) < 4.78 is 2.40. The van der Waals surface area contributed by atoms with Crippen LogP contribution in [-0.2, 0) is 5.41 Å². The second kappa shape index (κ2) is 14.3. The van der Waals surface area contributed by atoms with E-state index in [1.807, 2.05) is 66.7 Å². The van der Waals surface area contributed by atoms with Crippen LogP contribution in [0.15, 0.2) is 200 Å². The van der Waals surface area contributed by atoms with Crippen molar-refractivity contribution in [2.75, 3.05) is 4.90 Å². The Bertz CT molecular complexity index is 3270. The number of benzene rings is 8. The molecule has 0 radical (unpaired) electrons. The summed E-state index contributed by atoms with van der Waals surface area (Å²) in [5.41, 5.74) is 15.3. The van der Waals surface area contributed by atoms with Gasteiger partial charge in [0, 0.05) is 44.3 Å². The smallest absolute Gasteiger partial charge is 0.160 e. The summed E-state index contributed by atoms with van der Waals surface area (Å²) in [6.07, 6.45) is 0. The predicted octanol–water partition coefficient (Wildman–Crippen LogP) is 14.2. The Morgan fingerprint density at radius 3 is 1.66 bits per heavy atom. The average molecular weight is 782 g/mol. The van der Waals surface area contributed by atoms with E-state index in [2.05, 4.69) is 163 Å². The molecule has 0 unspecified atom stereocenters. The Kier molecular flexibility index (Phi) is 8.47. The number of hydrogen-bond acceptors (Lipinski definition) is 4. The summed E-state index contributed by atoms with van der Waals surface area (Å²) in [4.78, 5) is 12.9. The number of rotatable bonds is 6. The van der Waals surface area contributed by atoms with Crippen molar-refractivity contribution in [2.45, 2.75) is 19.3 Å². The second-order valence-corrected chi connectivity index (χ2v) is 16.2. The van der Waals surface area contributed by atoms with Crippen molar-refractivity contribution in [3.63, 3.8) is 0 Å². The zero-order chi connectivity index (χ0) is 41.1. The maximum Gasteiger partial charge on any atom is 0.160 e. The van der Waals surface area contributed by atoms with Gasteiger partial charge in [-0.1, -0.05) is 159 Å². The number of hydrogen-bond donors (Lipinski definition) is 0. The van der Waals surface area contributed by atoms with Gasteiger partial charge in [-0.05, 0) is 76.9 Å². The first kappa shape index (κ1) is 36.0. The molecule has 0 fully saturated rings. The Balaban J connectivity index is 1.21. The summed E-state index contributed by atoms with van der Waals surface area (Å²) in [6, 6.07) is 72.5. The highest BCUT2D eigenvalue weighted by molar-refractivity contribution is 6.11. The molecule has 0 aliphatic carbocycles. The molecule has 0 amide bonds. The minimum Gasteiger partial charge on any atom is -0.310 e. The fourth-order valence-corrected chi connectivity index (χ4v) is 9.27. The third kappa shape index (κ3) is 5.92. The molecule has 2 aromatic heterocycles. The molecule has 0 bridgehead atoms. The summed E-state index contributed by atoms with van der Waals surface area (Å²) in [6.45, 7) is 4.69. The molecule has 1 aliphatic rings. The average Bonchev–Trinajstić information content (AvgIpc) is 3.65. The molecule has 3 heterocycles. The molecule has 10 aromatic rings. The van der Waals surface area contributed by atoms with Crippen molar-refractivity contribution in [2.24, 2.45) is 0 Å². The van der Waals surface area contributed by atoms with Gasteiger partial charge >= 0.3 is 0 Å². The van der Waals surface area contributed by atoms with Crippen LogP contribution in [0, 0.1) is 11.3 Å². The van der Waals surface area contributed by atoms with E-state index in [0.29, 0.717) is 22.8 Å². The number of fused-ring (bicyclic) bond motifs is 5. The molecule has 288 valence electrons. The fraction of sp³-hybridized carbons (Fsp3) is 0.0536. The molecule has 0 spiro atoms. The van der Waals surface area contributed by atoms with Crippen molar-refractivity contribution < 1.29 is 0 Å². The molecule has 61 heavy (non-hydrogen) atoms. The molecule has 8 aromatic carbocycles. The third-order valence-electron chi connectivity index (χ3n) is 12.2. The van der Waals surface area contributed by atoms with Crippen molar-refractivity contribution in [3.05, 3.63) is 217 Å². The minimum absolute atomic E-state index is 0.255. The van der Waals surface area contributed by atoms with Crippen molar-refractivity contribution in [1.29, 1.82) is 5.26 Å². The zero-order valence-electron chi connectivity index (χ0n) is 33.8. The van der Waals surface area contributed by atoms with Crippen molar-refractivity contribution in [1.82, 2.24) is 14.5 Å². The molecule has 11 rings (SSSR count). The van der Waals surface area contributed by atoms with Crippen LogP contribution in [0.5, 0.6) is 0 Å². The monoisotopic (exact) mass is 781 g/mol. The first-order valence-corrected chi connectivity index (χ1v) is 20.6. The quantitative estimate of drug-likeness (QED) is 0.169. The van der Waals surface area contributed by atoms with E-state index in [4.69, 9.17) is 9.97 Å². The van der Waals surface area contributed by atoms with E-state index in [1.165, 1.54) is 27.6 Å². The van der Waals surface area contributed by atoms with Crippen LogP contribution < -0.4 is 4.90 Å². The lowest BCUT2D eigenvalue weighted by Gasteiger charge is -2.42. The molecule has 1 aliphatic heterocycles. The molecule has 5 heteroatoms. The van der Waals surface area contributed by atoms with Crippen LogP contribution >= 0.6 is 0 Å². The largest absolute Gasteiger partial charge is 0.310 e. The zero-order valence-corrected chi connectivity index (χ0v) is 33.8. The highest BCUT2D eigenvalue weighted by Gasteiger charge is 2.37. The number of nitrogens with zero attached hydrogens (tertiary/aromatic N) is 5. The number of nitriles is 1. The lowest BCUT2D eigenvalue weighted by atomic mass is 9.73. The fourth-order valence-electron chi connectivity index (χ4n) is 9.27. The van der Waals surface area contributed by atoms with Gasteiger partial charge in [-0.25, -0.2) is 9.97 Å². The minimum atomic E-state index is -0.255. The van der Waals surface area contributed by atoms with Gasteiger partial charge in [0.2, 0.25) is 0 Å². The highest BCUT2D eigenvalue weighted by Crippen LogP contribution is 2.53. The molecule has 0 saturated carbocycles. The van der Waals surface area contributed by atoms with Gasteiger partial charge in [-0.2, -0.15) is 5.26 Å². The lowest BCUT2D eigenvalue weighted by Crippen LogP contribution is -2.30. The molecule has 0 N–H and O–H groups in total.